The molecule has 0 bridgehead atoms. The Morgan fingerprint density at radius 3 is 2.36 bits per heavy atom. The molecular weight excluding hydrogens is 318 g/mol. The molecule has 0 heterocycles. The van der Waals surface area contributed by atoms with E-state index in [-0.39, 0.29) is 12.3 Å². The van der Waals surface area contributed by atoms with Crippen LogP contribution in [-0.4, -0.2) is 24.6 Å². The van der Waals surface area contributed by atoms with Gasteiger partial charge in [0.05, 0.1) is 6.61 Å². The summed E-state index contributed by atoms with van der Waals surface area (Å²) < 4.78 is 10.5. The number of rotatable bonds is 8. The number of ether oxygens (including phenoxy) is 2. The molecule has 5 nitrogen and oxygen atoms in total. The van der Waals surface area contributed by atoms with Gasteiger partial charge < -0.3 is 14.8 Å². The van der Waals surface area contributed by atoms with Crippen molar-refractivity contribution in [2.75, 3.05) is 11.9 Å². The van der Waals surface area contributed by atoms with E-state index in [2.05, 4.69) is 5.32 Å². The summed E-state index contributed by atoms with van der Waals surface area (Å²) in [6.07, 6.45) is -0.0211. The normalized spacial score (nSPS) is 11.4. The lowest BCUT2D eigenvalue weighted by atomic mass is 10.1. The quantitative estimate of drug-likeness (QED) is 0.745. The molecule has 0 aliphatic carbocycles. The van der Waals surface area contributed by atoms with Gasteiger partial charge in [-0.2, -0.15) is 0 Å². The fourth-order valence-corrected chi connectivity index (χ4v) is 2.25. The number of aryl methyl sites for hydroxylation is 1. The van der Waals surface area contributed by atoms with E-state index in [0.29, 0.717) is 18.7 Å². The first-order valence-electron chi connectivity index (χ1n) is 8.35. The van der Waals surface area contributed by atoms with E-state index in [4.69, 9.17) is 9.47 Å². The number of carbonyl (C=O) groups is 2. The third kappa shape index (κ3) is 6.30. The van der Waals surface area contributed by atoms with E-state index in [9.17, 15) is 9.59 Å². The first kappa shape index (κ1) is 18.5. The number of nitrogens with one attached hydrogen (secondary N) is 1. The van der Waals surface area contributed by atoms with Gasteiger partial charge in [0.15, 0.2) is 6.10 Å². The second-order valence-corrected chi connectivity index (χ2v) is 5.56. The van der Waals surface area contributed by atoms with Crippen LogP contribution >= 0.6 is 0 Å². The fourth-order valence-electron chi connectivity index (χ4n) is 2.25. The smallest absolute Gasteiger partial charge is 0.306 e. The van der Waals surface area contributed by atoms with Gasteiger partial charge in [-0.3, -0.25) is 9.59 Å². The molecule has 5 heteroatoms. The van der Waals surface area contributed by atoms with Gasteiger partial charge in [-0.05, 0) is 50.1 Å². The molecule has 0 saturated heterocycles. The van der Waals surface area contributed by atoms with Crippen LogP contribution in [0.15, 0.2) is 54.6 Å². The van der Waals surface area contributed by atoms with Gasteiger partial charge in [-0.25, -0.2) is 0 Å². The molecule has 25 heavy (non-hydrogen) atoms. The van der Waals surface area contributed by atoms with Crippen LogP contribution in [-0.2, 0) is 20.7 Å². The van der Waals surface area contributed by atoms with Crippen LogP contribution in [0.5, 0.6) is 5.75 Å². The highest BCUT2D eigenvalue weighted by Gasteiger charge is 2.17. The first-order chi connectivity index (χ1) is 12.1. The second-order valence-electron chi connectivity index (χ2n) is 5.56. The molecule has 0 fully saturated rings. The number of benzene rings is 2. The van der Waals surface area contributed by atoms with Crippen LogP contribution < -0.4 is 10.1 Å². The van der Waals surface area contributed by atoms with Crippen LogP contribution in [0, 0.1) is 0 Å². The number of amides is 1. The first-order valence-corrected chi connectivity index (χ1v) is 8.35. The highest BCUT2D eigenvalue weighted by atomic mass is 16.5. The predicted molar refractivity (Wildman–Crippen MR) is 96.6 cm³/mol. The SMILES string of the molecule is CCOc1ccc(NC(=O)[C@H](C)OC(=O)CCc2ccccc2)cc1. The molecule has 1 N–H and O–H groups in total. The minimum atomic E-state index is -0.852. The van der Waals surface area contributed by atoms with Crippen molar-refractivity contribution in [1.29, 1.82) is 0 Å². The maximum atomic E-state index is 12.1. The molecule has 1 amide bonds. The standard InChI is InChI=1S/C20H23NO4/c1-3-24-18-12-10-17(11-13-18)21-20(23)15(2)25-19(22)14-9-16-7-5-4-6-8-16/h4-8,10-13,15H,3,9,14H2,1-2H3,(H,21,23)/t15-/m0/s1. The Hall–Kier alpha value is -2.82. The number of esters is 1. The Balaban J connectivity index is 1.78. The summed E-state index contributed by atoms with van der Waals surface area (Å²) in [4.78, 5) is 24.0. The monoisotopic (exact) mass is 341 g/mol. The van der Waals surface area contributed by atoms with Crippen molar-refractivity contribution in [2.24, 2.45) is 0 Å². The van der Waals surface area contributed by atoms with Crippen LogP contribution in [0.2, 0.25) is 0 Å². The number of hydrogen-bond acceptors (Lipinski definition) is 4. The maximum Gasteiger partial charge on any atom is 0.306 e. The Kier molecular flexibility index (Phi) is 7.01. The Morgan fingerprint density at radius 2 is 1.72 bits per heavy atom. The largest absolute Gasteiger partial charge is 0.494 e. The van der Waals surface area contributed by atoms with Gasteiger partial charge in [-0.15, -0.1) is 0 Å². The molecule has 1 atom stereocenters. The summed E-state index contributed by atoms with van der Waals surface area (Å²) in [5, 5.41) is 2.72. The van der Waals surface area contributed by atoms with Crippen molar-refractivity contribution < 1.29 is 19.1 Å². The summed E-state index contributed by atoms with van der Waals surface area (Å²) in [6.45, 7) is 4.05. The van der Waals surface area contributed by atoms with Gasteiger partial charge in [0.2, 0.25) is 0 Å². The van der Waals surface area contributed by atoms with E-state index < -0.39 is 12.1 Å². The Labute approximate surface area is 148 Å². The van der Waals surface area contributed by atoms with Crippen LogP contribution in [0.1, 0.15) is 25.8 Å². The summed E-state index contributed by atoms with van der Waals surface area (Å²) >= 11 is 0. The third-order valence-electron chi connectivity index (χ3n) is 3.57. The second kappa shape index (κ2) is 9.47. The van der Waals surface area contributed by atoms with Crippen molar-refractivity contribution in [2.45, 2.75) is 32.8 Å². The lowest BCUT2D eigenvalue weighted by Crippen LogP contribution is -2.30. The zero-order chi connectivity index (χ0) is 18.1. The van der Waals surface area contributed by atoms with Crippen molar-refractivity contribution in [3.63, 3.8) is 0 Å². The number of anilines is 1. The van der Waals surface area contributed by atoms with Crippen LogP contribution in [0.25, 0.3) is 0 Å². The molecular formula is C20H23NO4. The minimum Gasteiger partial charge on any atom is -0.494 e. The predicted octanol–water partition coefficient (Wildman–Crippen LogP) is 3.59. The summed E-state index contributed by atoms with van der Waals surface area (Å²) in [5.41, 5.74) is 1.69. The minimum absolute atomic E-state index is 0.241. The third-order valence-corrected chi connectivity index (χ3v) is 3.57. The highest BCUT2D eigenvalue weighted by Crippen LogP contribution is 2.16. The van der Waals surface area contributed by atoms with E-state index >= 15 is 0 Å². The number of carbonyl (C=O) groups excluding carboxylic acids is 2. The Morgan fingerprint density at radius 1 is 1.04 bits per heavy atom. The molecule has 0 radical (unpaired) electrons. The van der Waals surface area contributed by atoms with Crippen LogP contribution in [0.4, 0.5) is 5.69 Å². The van der Waals surface area contributed by atoms with Gasteiger partial charge in [0, 0.05) is 12.1 Å². The average Bonchev–Trinajstić information content (AvgIpc) is 2.62. The molecule has 0 aromatic heterocycles. The molecule has 132 valence electrons. The highest BCUT2D eigenvalue weighted by molar-refractivity contribution is 5.95. The summed E-state index contributed by atoms with van der Waals surface area (Å²) in [5.74, 6) is -0.0173. The molecule has 0 unspecified atom stereocenters. The topological polar surface area (TPSA) is 64.6 Å². The van der Waals surface area contributed by atoms with Crippen molar-refractivity contribution in [3.8, 4) is 5.75 Å². The average molecular weight is 341 g/mol. The lowest BCUT2D eigenvalue weighted by Gasteiger charge is -2.14. The summed E-state index contributed by atoms with van der Waals surface area (Å²) in [7, 11) is 0. The summed E-state index contributed by atoms with van der Waals surface area (Å²) in [6, 6.07) is 16.7. The van der Waals surface area contributed by atoms with Gasteiger partial charge in [0.1, 0.15) is 5.75 Å². The van der Waals surface area contributed by atoms with E-state index in [0.717, 1.165) is 11.3 Å². The Bertz CT molecular complexity index is 683. The number of hydrogen-bond donors (Lipinski definition) is 1. The molecule has 0 aliphatic rings. The molecule has 0 spiro atoms. The van der Waals surface area contributed by atoms with Gasteiger partial charge in [-0.1, -0.05) is 30.3 Å². The molecule has 0 saturated carbocycles. The molecule has 2 aromatic rings. The van der Waals surface area contributed by atoms with E-state index in [1.807, 2.05) is 37.3 Å². The zero-order valence-corrected chi connectivity index (χ0v) is 14.5. The molecule has 0 aliphatic heterocycles. The zero-order valence-electron chi connectivity index (χ0n) is 14.5. The molecule has 2 aromatic carbocycles. The van der Waals surface area contributed by atoms with Crippen molar-refractivity contribution >= 4 is 17.6 Å². The lowest BCUT2D eigenvalue weighted by molar-refractivity contribution is -0.153. The molecule has 2 rings (SSSR count). The van der Waals surface area contributed by atoms with Gasteiger partial charge in [0.25, 0.3) is 5.91 Å². The van der Waals surface area contributed by atoms with Gasteiger partial charge >= 0.3 is 5.97 Å². The fraction of sp³-hybridized carbons (Fsp3) is 0.300. The van der Waals surface area contributed by atoms with Crippen molar-refractivity contribution in [1.82, 2.24) is 0 Å². The van der Waals surface area contributed by atoms with E-state index in [1.54, 1.807) is 31.2 Å². The van der Waals surface area contributed by atoms with Crippen molar-refractivity contribution in [3.05, 3.63) is 60.2 Å². The van der Waals surface area contributed by atoms with Crippen LogP contribution in [0.3, 0.4) is 0 Å². The maximum absolute atomic E-state index is 12.1. The van der Waals surface area contributed by atoms with E-state index in [1.165, 1.54) is 0 Å².